The maximum atomic E-state index is 13.5. The number of hydrogen-bond donors (Lipinski definition) is 2. The Hall–Kier alpha value is -2.16. The van der Waals surface area contributed by atoms with Crippen molar-refractivity contribution in [3.05, 3.63) is 46.6 Å². The third kappa shape index (κ3) is 3.70. The number of carbonyl (C=O) groups excluding carboxylic acids is 1. The van der Waals surface area contributed by atoms with Crippen molar-refractivity contribution in [3.63, 3.8) is 0 Å². The van der Waals surface area contributed by atoms with Gasteiger partial charge in [-0.3, -0.25) is 15.0 Å². The first kappa shape index (κ1) is 20.7. The van der Waals surface area contributed by atoms with E-state index in [9.17, 15) is 14.3 Å². The molecule has 1 aliphatic carbocycles. The minimum absolute atomic E-state index is 0.161. The van der Waals surface area contributed by atoms with E-state index >= 15 is 0 Å². The number of aliphatic hydroxyl groups excluding tert-OH is 1. The van der Waals surface area contributed by atoms with Gasteiger partial charge in [0.25, 0.3) is 5.91 Å². The van der Waals surface area contributed by atoms with E-state index in [1.165, 1.54) is 38.2 Å². The van der Waals surface area contributed by atoms with Crippen molar-refractivity contribution in [2.45, 2.75) is 70.2 Å². The number of epoxide rings is 1. The first-order chi connectivity index (χ1) is 15.0. The highest BCUT2D eigenvalue weighted by molar-refractivity contribution is 5.93. The SMILES string of the molecule is Cc1cc(CNC2OC2C2=C(O)C(=O)N3CCN(C4CCCCC4)C3N2C)ccc1F. The minimum Gasteiger partial charge on any atom is -0.502 e. The van der Waals surface area contributed by atoms with Gasteiger partial charge in [-0.15, -0.1) is 0 Å². The third-order valence-electron chi connectivity index (χ3n) is 7.14. The highest BCUT2D eigenvalue weighted by Gasteiger charge is 2.53. The Morgan fingerprint density at radius 1 is 1.23 bits per heavy atom. The van der Waals surface area contributed by atoms with Gasteiger partial charge in [-0.2, -0.15) is 0 Å². The molecule has 1 aromatic carbocycles. The number of hydrogen-bond acceptors (Lipinski definition) is 6. The van der Waals surface area contributed by atoms with Gasteiger partial charge in [0.15, 0.2) is 6.29 Å². The molecule has 7 nitrogen and oxygen atoms in total. The molecule has 8 heteroatoms. The van der Waals surface area contributed by atoms with Crippen LogP contribution in [0.5, 0.6) is 0 Å². The molecule has 0 spiro atoms. The van der Waals surface area contributed by atoms with Crippen LogP contribution in [-0.2, 0) is 16.1 Å². The molecule has 1 amide bonds. The van der Waals surface area contributed by atoms with Gasteiger partial charge in [0.2, 0.25) is 5.76 Å². The molecule has 0 radical (unpaired) electrons. The number of rotatable bonds is 5. The summed E-state index contributed by atoms with van der Waals surface area (Å²) in [7, 11) is 1.94. The maximum Gasteiger partial charge on any atom is 0.293 e. The molecule has 4 aliphatic rings. The number of ether oxygens (including phenoxy) is 1. The highest BCUT2D eigenvalue weighted by atomic mass is 19.1. The molecular weight excluding hydrogens is 399 g/mol. The molecule has 3 fully saturated rings. The van der Waals surface area contributed by atoms with E-state index in [4.69, 9.17) is 4.74 Å². The molecule has 2 saturated heterocycles. The smallest absolute Gasteiger partial charge is 0.293 e. The van der Waals surface area contributed by atoms with Gasteiger partial charge in [0, 0.05) is 32.7 Å². The van der Waals surface area contributed by atoms with Crippen LogP contribution in [0.1, 0.15) is 43.2 Å². The number of aryl methyl sites for hydroxylation is 1. The predicted molar refractivity (Wildman–Crippen MR) is 113 cm³/mol. The zero-order valence-electron chi connectivity index (χ0n) is 18.2. The molecule has 0 bridgehead atoms. The zero-order chi connectivity index (χ0) is 21.7. The Balaban J connectivity index is 1.29. The van der Waals surface area contributed by atoms with E-state index in [0.717, 1.165) is 12.1 Å². The van der Waals surface area contributed by atoms with E-state index in [1.54, 1.807) is 17.9 Å². The van der Waals surface area contributed by atoms with Gasteiger partial charge >= 0.3 is 0 Å². The molecule has 1 saturated carbocycles. The molecule has 1 aromatic rings. The molecule has 3 unspecified atom stereocenters. The summed E-state index contributed by atoms with van der Waals surface area (Å²) in [6.07, 6.45) is 5.28. The number of nitrogens with zero attached hydrogens (tertiary/aromatic N) is 3. The molecular formula is C23H31FN4O3. The second-order valence-electron chi connectivity index (χ2n) is 9.16. The number of carbonyl (C=O) groups is 1. The first-order valence-electron chi connectivity index (χ1n) is 11.3. The van der Waals surface area contributed by atoms with Crippen molar-refractivity contribution in [1.29, 1.82) is 0 Å². The fourth-order valence-corrected chi connectivity index (χ4v) is 5.44. The highest BCUT2D eigenvalue weighted by Crippen LogP contribution is 2.39. The summed E-state index contributed by atoms with van der Waals surface area (Å²) >= 11 is 0. The van der Waals surface area contributed by atoms with Gasteiger partial charge < -0.3 is 19.6 Å². The molecule has 31 heavy (non-hydrogen) atoms. The number of benzene rings is 1. The lowest BCUT2D eigenvalue weighted by atomic mass is 9.94. The number of nitrogens with one attached hydrogen (secondary N) is 1. The fourth-order valence-electron chi connectivity index (χ4n) is 5.44. The lowest BCUT2D eigenvalue weighted by molar-refractivity contribution is -0.141. The molecule has 2 N–H and O–H groups in total. The summed E-state index contributed by atoms with van der Waals surface area (Å²) in [5, 5.41) is 14.0. The van der Waals surface area contributed by atoms with Crippen molar-refractivity contribution >= 4 is 5.91 Å². The average Bonchev–Trinajstić information content (AvgIpc) is 3.38. The molecule has 5 rings (SSSR count). The summed E-state index contributed by atoms with van der Waals surface area (Å²) in [5.74, 6) is -0.735. The predicted octanol–water partition coefficient (Wildman–Crippen LogP) is 2.42. The number of likely N-dealkylation sites (N-methyl/N-ethyl adjacent to an activating group) is 1. The van der Waals surface area contributed by atoms with Gasteiger partial charge in [-0.25, -0.2) is 4.39 Å². The molecule has 3 heterocycles. The van der Waals surface area contributed by atoms with E-state index in [1.807, 2.05) is 18.0 Å². The number of fused-ring (bicyclic) bond motifs is 1. The lowest BCUT2D eigenvalue weighted by Gasteiger charge is -2.45. The Labute approximate surface area is 182 Å². The molecule has 3 atom stereocenters. The molecule has 0 aromatic heterocycles. The minimum atomic E-state index is -0.369. The van der Waals surface area contributed by atoms with Gasteiger partial charge in [-0.05, 0) is 37.0 Å². The molecule has 168 valence electrons. The van der Waals surface area contributed by atoms with Crippen molar-refractivity contribution in [2.24, 2.45) is 0 Å². The number of amides is 1. The van der Waals surface area contributed by atoms with E-state index in [0.29, 0.717) is 30.4 Å². The normalized spacial score (nSPS) is 29.6. The topological polar surface area (TPSA) is 71.6 Å². The van der Waals surface area contributed by atoms with Crippen LogP contribution in [-0.4, -0.2) is 70.5 Å². The summed E-state index contributed by atoms with van der Waals surface area (Å²) in [6.45, 7) is 3.74. The quantitative estimate of drug-likeness (QED) is 0.700. The second kappa shape index (κ2) is 8.07. The largest absolute Gasteiger partial charge is 0.502 e. The maximum absolute atomic E-state index is 13.5. The molecule has 3 aliphatic heterocycles. The van der Waals surface area contributed by atoms with Gasteiger partial charge in [0.1, 0.15) is 18.1 Å². The average molecular weight is 431 g/mol. The lowest BCUT2D eigenvalue weighted by Crippen LogP contribution is -2.59. The Morgan fingerprint density at radius 2 is 2.00 bits per heavy atom. The van der Waals surface area contributed by atoms with E-state index < -0.39 is 0 Å². The zero-order valence-corrected chi connectivity index (χ0v) is 18.2. The van der Waals surface area contributed by atoms with Crippen molar-refractivity contribution < 1.29 is 19.0 Å². The monoisotopic (exact) mass is 430 g/mol. The van der Waals surface area contributed by atoms with E-state index in [-0.39, 0.29) is 36.1 Å². The van der Waals surface area contributed by atoms with Crippen LogP contribution >= 0.6 is 0 Å². The summed E-state index contributed by atoms with van der Waals surface area (Å²) in [6, 6.07) is 5.51. The third-order valence-corrected chi connectivity index (χ3v) is 7.14. The van der Waals surface area contributed by atoms with Crippen LogP contribution < -0.4 is 5.32 Å². The number of aliphatic hydroxyl groups is 1. The summed E-state index contributed by atoms with van der Waals surface area (Å²) in [4.78, 5) is 19.2. The van der Waals surface area contributed by atoms with Gasteiger partial charge in [-0.1, -0.05) is 31.4 Å². The summed E-state index contributed by atoms with van der Waals surface area (Å²) in [5.41, 5.74) is 2.13. The Bertz CT molecular complexity index is 901. The Morgan fingerprint density at radius 3 is 2.74 bits per heavy atom. The van der Waals surface area contributed by atoms with Gasteiger partial charge in [0.05, 0.1) is 5.70 Å². The van der Waals surface area contributed by atoms with Crippen molar-refractivity contribution in [1.82, 2.24) is 20.0 Å². The van der Waals surface area contributed by atoms with Crippen LogP contribution in [0.2, 0.25) is 0 Å². The Kier molecular flexibility index (Phi) is 5.40. The van der Waals surface area contributed by atoms with Crippen LogP contribution in [0.3, 0.4) is 0 Å². The van der Waals surface area contributed by atoms with Crippen molar-refractivity contribution in [2.75, 3.05) is 20.1 Å². The van der Waals surface area contributed by atoms with E-state index in [2.05, 4.69) is 10.2 Å². The summed E-state index contributed by atoms with van der Waals surface area (Å²) < 4.78 is 19.3. The number of halogens is 1. The van der Waals surface area contributed by atoms with Crippen LogP contribution in [0.4, 0.5) is 4.39 Å². The fraction of sp³-hybridized carbons (Fsp3) is 0.609. The van der Waals surface area contributed by atoms with Crippen LogP contribution in [0.25, 0.3) is 0 Å². The second-order valence-corrected chi connectivity index (χ2v) is 9.16. The standard InChI is InChI=1S/C23H31FN4O3/c1-14-12-15(8-9-17(14)24)13-25-21-20(31-21)18-19(29)22(30)28-11-10-27(23(28)26(18)2)16-6-4-3-5-7-16/h8-9,12,16,20-21,23,25,29H,3-7,10-11,13H2,1-2H3. The van der Waals surface area contributed by atoms with Crippen LogP contribution in [0.15, 0.2) is 29.7 Å². The first-order valence-corrected chi connectivity index (χ1v) is 11.3. The van der Waals surface area contributed by atoms with Crippen molar-refractivity contribution in [3.8, 4) is 0 Å². The van der Waals surface area contributed by atoms with Crippen LogP contribution in [0, 0.1) is 12.7 Å².